The summed E-state index contributed by atoms with van der Waals surface area (Å²) in [7, 11) is 0. The summed E-state index contributed by atoms with van der Waals surface area (Å²) in [6.45, 7) is 9.43. The fourth-order valence-corrected chi connectivity index (χ4v) is 2.27. The Bertz CT molecular complexity index is 413. The Balaban J connectivity index is 2.70. The molecule has 1 aromatic carbocycles. The molecule has 0 fully saturated rings. The van der Waals surface area contributed by atoms with E-state index in [1.807, 2.05) is 12.1 Å². The van der Waals surface area contributed by atoms with E-state index in [0.717, 1.165) is 31.5 Å². The molecule has 112 valence electrons. The smallest absolute Gasteiger partial charge is 0.227 e. The Morgan fingerprint density at radius 2 is 1.90 bits per heavy atom. The standard InChI is InChI=1S/C17H28N2O/c1-5-11-18-13(4)15-9-8-10-16(12-15)19-17(20)14(6-2)7-3/h8-10,12-14,18H,5-7,11H2,1-4H3,(H,19,20). The molecule has 0 heterocycles. The van der Waals surface area contributed by atoms with Crippen molar-refractivity contribution in [2.45, 2.75) is 53.0 Å². The van der Waals surface area contributed by atoms with Gasteiger partial charge in [-0.15, -0.1) is 0 Å². The van der Waals surface area contributed by atoms with E-state index < -0.39 is 0 Å². The molecule has 3 heteroatoms. The van der Waals surface area contributed by atoms with Crippen LogP contribution < -0.4 is 10.6 Å². The van der Waals surface area contributed by atoms with E-state index in [1.54, 1.807) is 0 Å². The second kappa shape index (κ2) is 8.75. The highest BCUT2D eigenvalue weighted by Crippen LogP contribution is 2.19. The Labute approximate surface area is 123 Å². The van der Waals surface area contributed by atoms with Crippen molar-refractivity contribution in [1.82, 2.24) is 5.32 Å². The zero-order valence-corrected chi connectivity index (χ0v) is 13.2. The summed E-state index contributed by atoms with van der Waals surface area (Å²) in [6.07, 6.45) is 2.89. The minimum Gasteiger partial charge on any atom is -0.326 e. The molecule has 0 aliphatic rings. The van der Waals surface area contributed by atoms with Gasteiger partial charge in [0.05, 0.1) is 0 Å². The Hall–Kier alpha value is -1.35. The molecule has 2 N–H and O–H groups in total. The fourth-order valence-electron chi connectivity index (χ4n) is 2.27. The van der Waals surface area contributed by atoms with Crippen LogP contribution in [0.3, 0.4) is 0 Å². The average Bonchev–Trinajstić information content (AvgIpc) is 2.46. The van der Waals surface area contributed by atoms with Gasteiger partial charge in [-0.2, -0.15) is 0 Å². The van der Waals surface area contributed by atoms with Crippen molar-refractivity contribution >= 4 is 11.6 Å². The molecular weight excluding hydrogens is 248 g/mol. The van der Waals surface area contributed by atoms with Crippen molar-refractivity contribution in [3.63, 3.8) is 0 Å². The number of amides is 1. The first kappa shape index (κ1) is 16.7. The predicted octanol–water partition coefficient (Wildman–Crippen LogP) is 4.12. The van der Waals surface area contributed by atoms with E-state index in [2.05, 4.69) is 50.5 Å². The molecule has 1 rings (SSSR count). The van der Waals surface area contributed by atoms with Gasteiger partial charge in [-0.1, -0.05) is 32.9 Å². The van der Waals surface area contributed by atoms with Crippen molar-refractivity contribution in [1.29, 1.82) is 0 Å². The first-order valence-electron chi connectivity index (χ1n) is 7.76. The van der Waals surface area contributed by atoms with Crippen LogP contribution in [0.4, 0.5) is 5.69 Å². The van der Waals surface area contributed by atoms with Gasteiger partial charge >= 0.3 is 0 Å². The van der Waals surface area contributed by atoms with Gasteiger partial charge in [-0.25, -0.2) is 0 Å². The van der Waals surface area contributed by atoms with Crippen LogP contribution in [0.15, 0.2) is 24.3 Å². The van der Waals surface area contributed by atoms with Gasteiger partial charge in [0.15, 0.2) is 0 Å². The van der Waals surface area contributed by atoms with Gasteiger partial charge in [0.2, 0.25) is 5.91 Å². The zero-order chi connectivity index (χ0) is 15.0. The topological polar surface area (TPSA) is 41.1 Å². The highest BCUT2D eigenvalue weighted by molar-refractivity contribution is 5.92. The maximum atomic E-state index is 12.1. The first-order chi connectivity index (χ1) is 9.62. The third-order valence-electron chi connectivity index (χ3n) is 3.71. The molecule has 1 amide bonds. The largest absolute Gasteiger partial charge is 0.326 e. The third-order valence-corrected chi connectivity index (χ3v) is 3.71. The summed E-state index contributed by atoms with van der Waals surface area (Å²) in [5.41, 5.74) is 2.10. The lowest BCUT2D eigenvalue weighted by atomic mass is 10.0. The highest BCUT2D eigenvalue weighted by atomic mass is 16.1. The first-order valence-corrected chi connectivity index (χ1v) is 7.76. The highest BCUT2D eigenvalue weighted by Gasteiger charge is 2.14. The number of carbonyl (C=O) groups excluding carboxylic acids is 1. The fraction of sp³-hybridized carbons (Fsp3) is 0.588. The van der Waals surface area contributed by atoms with Crippen LogP contribution >= 0.6 is 0 Å². The van der Waals surface area contributed by atoms with E-state index in [4.69, 9.17) is 0 Å². The van der Waals surface area contributed by atoms with Gasteiger partial charge in [0.1, 0.15) is 0 Å². The summed E-state index contributed by atoms with van der Waals surface area (Å²) in [5, 5.41) is 6.49. The van der Waals surface area contributed by atoms with Crippen molar-refractivity contribution < 1.29 is 4.79 Å². The summed E-state index contributed by atoms with van der Waals surface area (Å²) in [4.78, 5) is 12.1. The lowest BCUT2D eigenvalue weighted by Crippen LogP contribution is -2.22. The molecule has 0 radical (unpaired) electrons. The van der Waals surface area contributed by atoms with Gasteiger partial charge in [-0.05, 0) is 50.4 Å². The van der Waals surface area contributed by atoms with Crippen LogP contribution in [-0.4, -0.2) is 12.5 Å². The molecule has 0 saturated carbocycles. The van der Waals surface area contributed by atoms with Crippen molar-refractivity contribution in [2.75, 3.05) is 11.9 Å². The maximum Gasteiger partial charge on any atom is 0.227 e. The monoisotopic (exact) mass is 276 g/mol. The van der Waals surface area contributed by atoms with E-state index in [0.29, 0.717) is 6.04 Å². The van der Waals surface area contributed by atoms with E-state index in [-0.39, 0.29) is 11.8 Å². The van der Waals surface area contributed by atoms with Gasteiger partial charge < -0.3 is 10.6 Å². The lowest BCUT2D eigenvalue weighted by molar-refractivity contribution is -0.120. The molecular formula is C17H28N2O. The minimum atomic E-state index is 0.106. The van der Waals surface area contributed by atoms with E-state index in [1.165, 1.54) is 5.56 Å². The Kier molecular flexibility index (Phi) is 7.31. The number of carbonyl (C=O) groups is 1. The number of nitrogens with one attached hydrogen (secondary N) is 2. The average molecular weight is 276 g/mol. The zero-order valence-electron chi connectivity index (χ0n) is 13.2. The molecule has 0 aliphatic carbocycles. The van der Waals surface area contributed by atoms with E-state index >= 15 is 0 Å². The Morgan fingerprint density at radius 3 is 2.50 bits per heavy atom. The molecule has 1 atom stereocenters. The number of rotatable bonds is 8. The molecule has 1 aromatic rings. The van der Waals surface area contributed by atoms with E-state index in [9.17, 15) is 4.79 Å². The number of benzene rings is 1. The molecule has 0 spiro atoms. The predicted molar refractivity (Wildman–Crippen MR) is 85.9 cm³/mol. The van der Waals surface area contributed by atoms with Crippen LogP contribution in [0.2, 0.25) is 0 Å². The molecule has 20 heavy (non-hydrogen) atoms. The van der Waals surface area contributed by atoms with Crippen LogP contribution in [0.5, 0.6) is 0 Å². The minimum absolute atomic E-state index is 0.106. The van der Waals surface area contributed by atoms with Gasteiger partial charge in [-0.3, -0.25) is 4.79 Å². The van der Waals surface area contributed by atoms with Crippen LogP contribution in [0, 0.1) is 5.92 Å². The quantitative estimate of drug-likeness (QED) is 0.750. The molecule has 1 unspecified atom stereocenters. The van der Waals surface area contributed by atoms with Crippen LogP contribution in [0.25, 0.3) is 0 Å². The third kappa shape index (κ3) is 4.97. The number of hydrogen-bond donors (Lipinski definition) is 2. The van der Waals surface area contributed by atoms with Crippen molar-refractivity contribution in [3.05, 3.63) is 29.8 Å². The van der Waals surface area contributed by atoms with Crippen LogP contribution in [-0.2, 0) is 4.79 Å². The summed E-state index contributed by atoms with van der Waals surface area (Å²) < 4.78 is 0. The maximum absolute atomic E-state index is 12.1. The normalized spacial score (nSPS) is 12.4. The van der Waals surface area contributed by atoms with Crippen molar-refractivity contribution in [2.24, 2.45) is 5.92 Å². The lowest BCUT2D eigenvalue weighted by Gasteiger charge is -2.16. The second-order valence-corrected chi connectivity index (χ2v) is 5.30. The molecule has 0 saturated heterocycles. The Morgan fingerprint density at radius 1 is 1.20 bits per heavy atom. The van der Waals surface area contributed by atoms with Gasteiger partial charge in [0, 0.05) is 17.6 Å². The second-order valence-electron chi connectivity index (χ2n) is 5.30. The molecule has 3 nitrogen and oxygen atoms in total. The number of hydrogen-bond acceptors (Lipinski definition) is 2. The molecule has 0 aromatic heterocycles. The van der Waals surface area contributed by atoms with Crippen LogP contribution in [0.1, 0.15) is 58.6 Å². The summed E-state index contributed by atoms with van der Waals surface area (Å²) in [5.74, 6) is 0.232. The SMILES string of the molecule is CCCNC(C)c1cccc(NC(=O)C(CC)CC)c1. The van der Waals surface area contributed by atoms with Gasteiger partial charge in [0.25, 0.3) is 0 Å². The summed E-state index contributed by atoms with van der Waals surface area (Å²) >= 11 is 0. The molecule has 0 bridgehead atoms. The molecule has 0 aliphatic heterocycles. The number of anilines is 1. The summed E-state index contributed by atoms with van der Waals surface area (Å²) in [6, 6.07) is 8.42. The van der Waals surface area contributed by atoms with Crippen molar-refractivity contribution in [3.8, 4) is 0 Å².